The number of benzene rings is 1. The van der Waals surface area contributed by atoms with Crippen LogP contribution in [0.2, 0.25) is 0 Å². The van der Waals surface area contributed by atoms with E-state index in [1.165, 1.54) is 22.0 Å². The third-order valence-electron chi connectivity index (χ3n) is 5.49. The van der Waals surface area contributed by atoms with E-state index in [4.69, 9.17) is 0 Å². The highest BCUT2D eigenvalue weighted by Gasteiger charge is 2.27. The lowest BCUT2D eigenvalue weighted by atomic mass is 10.1. The van der Waals surface area contributed by atoms with Gasteiger partial charge in [0, 0.05) is 69.5 Å². The highest BCUT2D eigenvalue weighted by molar-refractivity contribution is 7.07. The van der Waals surface area contributed by atoms with Crippen LogP contribution in [0.1, 0.15) is 17.5 Å². The molecule has 0 saturated carbocycles. The van der Waals surface area contributed by atoms with Gasteiger partial charge in [-0.15, -0.1) is 0 Å². The third kappa shape index (κ3) is 3.71. The van der Waals surface area contributed by atoms with Crippen molar-refractivity contribution < 1.29 is 5.11 Å². The molecule has 2 aromatic heterocycles. The molecule has 1 atom stereocenters. The van der Waals surface area contributed by atoms with E-state index < -0.39 is 0 Å². The average molecular weight is 370 g/mol. The molecule has 1 aromatic carbocycles. The first-order valence-electron chi connectivity index (χ1n) is 9.36. The molecule has 0 aliphatic carbocycles. The molecule has 3 heterocycles. The molecule has 26 heavy (non-hydrogen) atoms. The van der Waals surface area contributed by atoms with Crippen LogP contribution < -0.4 is 0 Å². The molecule has 4 rings (SSSR count). The summed E-state index contributed by atoms with van der Waals surface area (Å²) in [4.78, 5) is 5.09. The van der Waals surface area contributed by atoms with Gasteiger partial charge in [0.25, 0.3) is 0 Å². The van der Waals surface area contributed by atoms with Crippen molar-refractivity contribution in [1.82, 2.24) is 14.4 Å². The molecule has 3 aromatic rings. The minimum atomic E-state index is 0.257. The predicted octanol–water partition coefficient (Wildman–Crippen LogP) is 3.31. The Morgan fingerprint density at radius 3 is 2.85 bits per heavy atom. The molecule has 0 bridgehead atoms. The number of aromatic nitrogens is 1. The van der Waals surface area contributed by atoms with Gasteiger partial charge in [-0.3, -0.25) is 9.80 Å². The first kappa shape index (κ1) is 17.7. The Morgan fingerprint density at radius 1 is 1.15 bits per heavy atom. The van der Waals surface area contributed by atoms with Crippen LogP contribution in [0, 0.1) is 0 Å². The Morgan fingerprint density at radius 2 is 2.04 bits per heavy atom. The van der Waals surface area contributed by atoms with E-state index in [-0.39, 0.29) is 6.61 Å². The molecule has 1 unspecified atom stereocenters. The molecule has 1 N–H and O–H groups in total. The molecule has 1 aliphatic rings. The zero-order valence-corrected chi connectivity index (χ0v) is 16.2. The van der Waals surface area contributed by atoms with Crippen LogP contribution in [0.25, 0.3) is 10.9 Å². The van der Waals surface area contributed by atoms with Crippen molar-refractivity contribution in [1.29, 1.82) is 0 Å². The monoisotopic (exact) mass is 369 g/mol. The molecule has 0 spiro atoms. The fourth-order valence-corrected chi connectivity index (χ4v) is 4.80. The second-order valence-electron chi connectivity index (χ2n) is 7.29. The molecule has 1 fully saturated rings. The van der Waals surface area contributed by atoms with Crippen LogP contribution in [-0.2, 0) is 20.1 Å². The first-order chi connectivity index (χ1) is 12.7. The van der Waals surface area contributed by atoms with Gasteiger partial charge in [0.15, 0.2) is 0 Å². The van der Waals surface area contributed by atoms with Crippen molar-refractivity contribution in [3.8, 4) is 0 Å². The molecule has 138 valence electrons. The van der Waals surface area contributed by atoms with Crippen molar-refractivity contribution in [2.24, 2.45) is 7.05 Å². The number of thiophene rings is 1. The Bertz CT molecular complexity index is 842. The Kier molecular flexibility index (Phi) is 5.41. The van der Waals surface area contributed by atoms with Crippen LogP contribution in [0.5, 0.6) is 0 Å². The minimum Gasteiger partial charge on any atom is -0.396 e. The van der Waals surface area contributed by atoms with E-state index in [0.29, 0.717) is 6.04 Å². The van der Waals surface area contributed by atoms with Gasteiger partial charge in [-0.05, 0) is 40.4 Å². The normalized spacial score (nSPS) is 19.4. The van der Waals surface area contributed by atoms with E-state index >= 15 is 0 Å². The first-order valence-corrected chi connectivity index (χ1v) is 10.3. The van der Waals surface area contributed by atoms with Crippen molar-refractivity contribution in [2.75, 3.05) is 26.2 Å². The number of hydrogen-bond donors (Lipinski definition) is 1. The topological polar surface area (TPSA) is 31.6 Å². The summed E-state index contributed by atoms with van der Waals surface area (Å²) < 4.78 is 2.22. The number of aliphatic hydroxyl groups excluding tert-OH is 1. The summed E-state index contributed by atoms with van der Waals surface area (Å²) in [7, 11) is 2.12. The highest BCUT2D eigenvalue weighted by atomic mass is 32.1. The van der Waals surface area contributed by atoms with E-state index in [2.05, 4.69) is 68.7 Å². The van der Waals surface area contributed by atoms with Crippen LogP contribution in [0.4, 0.5) is 0 Å². The lowest BCUT2D eigenvalue weighted by molar-refractivity contribution is 0.0502. The number of para-hydroxylation sites is 1. The molecular weight excluding hydrogens is 342 g/mol. The standard InChI is InChI=1S/C21H27N3OS/c1-22-13-18(20-4-2-3-5-21(20)22)14-23-8-9-24(19(15-23)6-10-25)12-17-7-11-26-16-17/h2-5,7,11,13,16,19,25H,6,8-10,12,14-15H2,1H3. The van der Waals surface area contributed by atoms with Gasteiger partial charge in [-0.25, -0.2) is 0 Å². The smallest absolute Gasteiger partial charge is 0.0481 e. The van der Waals surface area contributed by atoms with Gasteiger partial charge < -0.3 is 9.67 Å². The largest absolute Gasteiger partial charge is 0.396 e. The SMILES string of the molecule is Cn1cc(CN2CCN(Cc3ccsc3)C(CCO)C2)c2ccccc21. The maximum Gasteiger partial charge on any atom is 0.0481 e. The predicted molar refractivity (Wildman–Crippen MR) is 108 cm³/mol. The van der Waals surface area contributed by atoms with Gasteiger partial charge in [-0.2, -0.15) is 11.3 Å². The third-order valence-corrected chi connectivity index (χ3v) is 6.22. The summed E-state index contributed by atoms with van der Waals surface area (Å²) >= 11 is 1.76. The molecule has 1 aliphatic heterocycles. The van der Waals surface area contributed by atoms with Gasteiger partial charge >= 0.3 is 0 Å². The summed E-state index contributed by atoms with van der Waals surface area (Å²) in [5.41, 5.74) is 4.09. The van der Waals surface area contributed by atoms with E-state index in [9.17, 15) is 5.11 Å². The lowest BCUT2D eigenvalue weighted by Gasteiger charge is -2.41. The quantitative estimate of drug-likeness (QED) is 0.723. The second-order valence-corrected chi connectivity index (χ2v) is 8.07. The molecule has 1 saturated heterocycles. The Labute approximate surface area is 159 Å². The Balaban J connectivity index is 1.46. The van der Waals surface area contributed by atoms with E-state index in [0.717, 1.165) is 39.1 Å². The summed E-state index contributed by atoms with van der Waals surface area (Å²) in [6.45, 7) is 5.40. The van der Waals surface area contributed by atoms with Gasteiger partial charge in [0.2, 0.25) is 0 Å². The summed E-state index contributed by atoms with van der Waals surface area (Å²) in [5.74, 6) is 0. The molecule has 0 amide bonds. The van der Waals surface area contributed by atoms with E-state index in [1.54, 1.807) is 11.3 Å². The summed E-state index contributed by atoms with van der Waals surface area (Å²) in [6, 6.07) is 11.3. The highest BCUT2D eigenvalue weighted by Crippen LogP contribution is 2.24. The van der Waals surface area contributed by atoms with Gasteiger partial charge in [0.1, 0.15) is 0 Å². The van der Waals surface area contributed by atoms with Crippen molar-refractivity contribution in [3.63, 3.8) is 0 Å². The van der Waals surface area contributed by atoms with Gasteiger partial charge in [-0.1, -0.05) is 18.2 Å². The minimum absolute atomic E-state index is 0.257. The lowest BCUT2D eigenvalue weighted by Crippen LogP contribution is -2.52. The molecule has 5 heteroatoms. The van der Waals surface area contributed by atoms with Crippen LogP contribution >= 0.6 is 11.3 Å². The number of fused-ring (bicyclic) bond motifs is 1. The average Bonchev–Trinajstić information content (AvgIpc) is 3.26. The maximum atomic E-state index is 9.54. The fraction of sp³-hybridized carbons (Fsp3) is 0.429. The summed E-state index contributed by atoms with van der Waals surface area (Å²) in [6.07, 6.45) is 3.11. The molecular formula is C21H27N3OS. The number of hydrogen-bond acceptors (Lipinski definition) is 4. The zero-order chi connectivity index (χ0) is 17.9. The fourth-order valence-electron chi connectivity index (χ4n) is 4.14. The number of aliphatic hydroxyl groups is 1. The van der Waals surface area contributed by atoms with E-state index in [1.807, 2.05) is 0 Å². The van der Waals surface area contributed by atoms with Crippen LogP contribution in [0.15, 0.2) is 47.3 Å². The van der Waals surface area contributed by atoms with Crippen molar-refractivity contribution >= 4 is 22.2 Å². The number of piperazine rings is 1. The van der Waals surface area contributed by atoms with Crippen molar-refractivity contribution in [3.05, 3.63) is 58.4 Å². The van der Waals surface area contributed by atoms with Crippen LogP contribution in [0.3, 0.4) is 0 Å². The number of nitrogens with zero attached hydrogens (tertiary/aromatic N) is 3. The summed E-state index contributed by atoms with van der Waals surface area (Å²) in [5, 5.41) is 15.3. The van der Waals surface area contributed by atoms with Crippen LogP contribution in [-0.4, -0.2) is 51.8 Å². The number of aryl methyl sites for hydroxylation is 1. The second kappa shape index (κ2) is 7.92. The maximum absolute atomic E-state index is 9.54. The molecule has 0 radical (unpaired) electrons. The number of rotatable bonds is 6. The van der Waals surface area contributed by atoms with Crippen molar-refractivity contribution in [2.45, 2.75) is 25.6 Å². The zero-order valence-electron chi connectivity index (χ0n) is 15.3. The molecule has 4 nitrogen and oxygen atoms in total. The Hall–Kier alpha value is -1.66. The van der Waals surface area contributed by atoms with Gasteiger partial charge in [0.05, 0.1) is 0 Å².